The van der Waals surface area contributed by atoms with Gasteiger partial charge in [-0.05, 0) is 19.1 Å². The molecule has 19 heavy (non-hydrogen) atoms. The van der Waals surface area contributed by atoms with E-state index in [1.807, 2.05) is 50.4 Å². The highest BCUT2D eigenvalue weighted by molar-refractivity contribution is 5.95. The molecule has 6 heteroatoms. The van der Waals surface area contributed by atoms with Crippen molar-refractivity contribution in [1.29, 1.82) is 5.41 Å². The van der Waals surface area contributed by atoms with E-state index in [9.17, 15) is 0 Å². The van der Waals surface area contributed by atoms with Crippen molar-refractivity contribution in [2.24, 2.45) is 12.8 Å². The summed E-state index contributed by atoms with van der Waals surface area (Å²) in [4.78, 5) is 6.48. The molecule has 0 saturated carbocycles. The second-order valence-corrected chi connectivity index (χ2v) is 4.65. The summed E-state index contributed by atoms with van der Waals surface area (Å²) >= 11 is 0. The van der Waals surface area contributed by atoms with E-state index >= 15 is 0 Å². The summed E-state index contributed by atoms with van der Waals surface area (Å²) in [6.07, 6.45) is 3.80. The SMILES string of the molecule is Cc1cc(C(=N)N)cc(N(C)Cc2cnn(C)c2)n1. The van der Waals surface area contributed by atoms with Gasteiger partial charge < -0.3 is 10.6 Å². The van der Waals surface area contributed by atoms with Crippen molar-refractivity contribution in [1.82, 2.24) is 14.8 Å². The van der Waals surface area contributed by atoms with Crippen LogP contribution < -0.4 is 10.6 Å². The van der Waals surface area contributed by atoms with Gasteiger partial charge in [-0.2, -0.15) is 5.10 Å². The predicted octanol–water partition coefficient (Wildman–Crippen LogP) is 1.04. The van der Waals surface area contributed by atoms with Crippen LogP contribution in [0.5, 0.6) is 0 Å². The lowest BCUT2D eigenvalue weighted by molar-refractivity contribution is 0.766. The number of anilines is 1. The van der Waals surface area contributed by atoms with E-state index in [2.05, 4.69) is 10.1 Å². The molecular weight excluding hydrogens is 240 g/mol. The van der Waals surface area contributed by atoms with E-state index in [-0.39, 0.29) is 5.84 Å². The molecule has 0 atom stereocenters. The zero-order chi connectivity index (χ0) is 14.0. The Morgan fingerprint density at radius 1 is 1.47 bits per heavy atom. The largest absolute Gasteiger partial charge is 0.384 e. The number of aromatic nitrogens is 3. The van der Waals surface area contributed by atoms with Gasteiger partial charge in [-0.3, -0.25) is 10.1 Å². The molecule has 0 bridgehead atoms. The highest BCUT2D eigenvalue weighted by atomic mass is 15.2. The fraction of sp³-hybridized carbons (Fsp3) is 0.308. The number of nitrogens with one attached hydrogen (secondary N) is 1. The van der Waals surface area contributed by atoms with Crippen LogP contribution in [0.4, 0.5) is 5.82 Å². The van der Waals surface area contributed by atoms with Gasteiger partial charge in [0, 0.05) is 43.7 Å². The van der Waals surface area contributed by atoms with Crippen LogP contribution in [0.25, 0.3) is 0 Å². The first-order valence-corrected chi connectivity index (χ1v) is 5.97. The van der Waals surface area contributed by atoms with Gasteiger partial charge in [0.15, 0.2) is 0 Å². The first kappa shape index (κ1) is 13.1. The average molecular weight is 258 g/mol. The van der Waals surface area contributed by atoms with Crippen LogP contribution in [0.3, 0.4) is 0 Å². The summed E-state index contributed by atoms with van der Waals surface area (Å²) in [6.45, 7) is 2.61. The molecule has 2 aromatic heterocycles. The molecule has 0 aliphatic carbocycles. The van der Waals surface area contributed by atoms with E-state index in [1.54, 1.807) is 4.68 Å². The van der Waals surface area contributed by atoms with Gasteiger partial charge in [-0.1, -0.05) is 0 Å². The molecule has 3 N–H and O–H groups in total. The predicted molar refractivity (Wildman–Crippen MR) is 75.3 cm³/mol. The summed E-state index contributed by atoms with van der Waals surface area (Å²) in [5.74, 6) is 0.857. The molecular formula is C13H18N6. The fourth-order valence-corrected chi connectivity index (χ4v) is 1.91. The zero-order valence-corrected chi connectivity index (χ0v) is 11.4. The number of rotatable bonds is 4. The van der Waals surface area contributed by atoms with Crippen molar-refractivity contribution in [3.8, 4) is 0 Å². The second-order valence-electron chi connectivity index (χ2n) is 4.65. The van der Waals surface area contributed by atoms with E-state index < -0.39 is 0 Å². The second kappa shape index (κ2) is 5.09. The molecule has 0 saturated heterocycles. The monoisotopic (exact) mass is 258 g/mol. The highest BCUT2D eigenvalue weighted by Gasteiger charge is 2.08. The van der Waals surface area contributed by atoms with E-state index in [0.717, 1.165) is 17.1 Å². The van der Waals surface area contributed by atoms with Crippen LogP contribution in [0.2, 0.25) is 0 Å². The van der Waals surface area contributed by atoms with Gasteiger partial charge in [-0.15, -0.1) is 0 Å². The molecule has 2 aromatic rings. The lowest BCUT2D eigenvalue weighted by Crippen LogP contribution is -2.19. The van der Waals surface area contributed by atoms with Gasteiger partial charge in [0.2, 0.25) is 0 Å². The van der Waals surface area contributed by atoms with Gasteiger partial charge in [0.05, 0.1) is 6.20 Å². The van der Waals surface area contributed by atoms with Crippen LogP contribution in [0, 0.1) is 12.3 Å². The summed E-state index contributed by atoms with van der Waals surface area (Å²) < 4.78 is 1.77. The van der Waals surface area contributed by atoms with Crippen molar-refractivity contribution in [3.63, 3.8) is 0 Å². The molecule has 100 valence electrons. The van der Waals surface area contributed by atoms with Crippen LogP contribution in [0.1, 0.15) is 16.8 Å². The molecule has 6 nitrogen and oxygen atoms in total. The number of hydrogen-bond acceptors (Lipinski definition) is 4. The normalized spacial score (nSPS) is 10.5. The van der Waals surface area contributed by atoms with Gasteiger partial charge in [-0.25, -0.2) is 4.98 Å². The fourth-order valence-electron chi connectivity index (χ4n) is 1.91. The number of pyridine rings is 1. The quantitative estimate of drug-likeness (QED) is 0.634. The highest BCUT2D eigenvalue weighted by Crippen LogP contribution is 2.15. The maximum absolute atomic E-state index is 7.51. The summed E-state index contributed by atoms with van der Waals surface area (Å²) in [7, 11) is 3.85. The number of nitrogens with zero attached hydrogens (tertiary/aromatic N) is 4. The van der Waals surface area contributed by atoms with E-state index in [0.29, 0.717) is 12.1 Å². The minimum absolute atomic E-state index is 0.0570. The smallest absolute Gasteiger partial charge is 0.129 e. The third kappa shape index (κ3) is 3.09. The van der Waals surface area contributed by atoms with Crippen LogP contribution in [-0.2, 0) is 13.6 Å². The molecule has 2 rings (SSSR count). The molecule has 0 aliphatic heterocycles. The van der Waals surface area contributed by atoms with Crippen molar-refractivity contribution in [2.45, 2.75) is 13.5 Å². The molecule has 0 aromatic carbocycles. The number of nitrogens with two attached hydrogens (primary N) is 1. The third-order valence-corrected chi connectivity index (χ3v) is 2.82. The van der Waals surface area contributed by atoms with Crippen LogP contribution in [-0.4, -0.2) is 27.6 Å². The first-order valence-electron chi connectivity index (χ1n) is 5.97. The Bertz CT molecular complexity index is 601. The minimum atomic E-state index is 0.0570. The number of aryl methyl sites for hydroxylation is 2. The van der Waals surface area contributed by atoms with Gasteiger partial charge in [0.1, 0.15) is 11.7 Å². The van der Waals surface area contributed by atoms with Crippen LogP contribution >= 0.6 is 0 Å². The van der Waals surface area contributed by atoms with Crippen molar-refractivity contribution < 1.29 is 0 Å². The molecule has 0 unspecified atom stereocenters. The summed E-state index contributed by atoms with van der Waals surface area (Å²) in [6, 6.07) is 3.63. The van der Waals surface area contributed by atoms with Crippen molar-refractivity contribution in [3.05, 3.63) is 41.3 Å². The molecule has 0 radical (unpaired) electrons. The Labute approximate surface area is 112 Å². The lowest BCUT2D eigenvalue weighted by atomic mass is 10.2. The standard InChI is InChI=1S/C13H18N6/c1-9-4-11(13(14)15)5-12(17-9)18(2)7-10-6-16-19(3)8-10/h4-6,8H,7H2,1-3H3,(H3,14,15). The molecule has 2 heterocycles. The Hall–Kier alpha value is -2.37. The number of nitrogen functional groups attached to an aromatic ring is 1. The molecule has 0 spiro atoms. The van der Waals surface area contributed by atoms with Crippen LogP contribution in [0.15, 0.2) is 24.5 Å². The Morgan fingerprint density at radius 2 is 2.21 bits per heavy atom. The van der Waals surface area contributed by atoms with E-state index in [1.165, 1.54) is 0 Å². The molecule has 0 fully saturated rings. The topological polar surface area (TPSA) is 83.8 Å². The molecule has 0 aliphatic rings. The van der Waals surface area contributed by atoms with Crippen molar-refractivity contribution in [2.75, 3.05) is 11.9 Å². The maximum atomic E-state index is 7.51. The number of amidine groups is 1. The average Bonchev–Trinajstić information content (AvgIpc) is 2.73. The Morgan fingerprint density at radius 3 is 2.79 bits per heavy atom. The first-order chi connectivity index (χ1) is 8.95. The Balaban J connectivity index is 2.23. The van der Waals surface area contributed by atoms with Gasteiger partial charge in [0.25, 0.3) is 0 Å². The lowest BCUT2D eigenvalue weighted by Gasteiger charge is -2.18. The van der Waals surface area contributed by atoms with Crippen molar-refractivity contribution >= 4 is 11.7 Å². The Kier molecular flexibility index (Phi) is 3.50. The minimum Gasteiger partial charge on any atom is -0.384 e. The zero-order valence-electron chi connectivity index (χ0n) is 11.4. The molecule has 0 amide bonds. The van der Waals surface area contributed by atoms with Gasteiger partial charge >= 0.3 is 0 Å². The van der Waals surface area contributed by atoms with E-state index in [4.69, 9.17) is 11.1 Å². The number of hydrogen-bond donors (Lipinski definition) is 2. The third-order valence-electron chi connectivity index (χ3n) is 2.82. The summed E-state index contributed by atoms with van der Waals surface area (Å²) in [5.41, 5.74) is 8.18. The maximum Gasteiger partial charge on any atom is 0.129 e. The summed E-state index contributed by atoms with van der Waals surface area (Å²) in [5, 5.41) is 11.7.